The van der Waals surface area contributed by atoms with Crippen LogP contribution in [0, 0.1) is 23.2 Å². The zero-order chi connectivity index (χ0) is 23.0. The molecule has 176 valence electrons. The molecule has 2 aliphatic carbocycles. The lowest BCUT2D eigenvalue weighted by atomic mass is 9.84. The van der Waals surface area contributed by atoms with Gasteiger partial charge in [0.25, 0.3) is 0 Å². The number of nitrogens with zero attached hydrogens (tertiary/aromatic N) is 1. The molecule has 4 nitrogen and oxygen atoms in total. The number of benzene rings is 2. The number of hydrogen-bond donors (Lipinski definition) is 1. The summed E-state index contributed by atoms with van der Waals surface area (Å²) in [6.45, 7) is 6.72. The fourth-order valence-electron chi connectivity index (χ4n) is 6.49. The Bertz CT molecular complexity index is 946. The van der Waals surface area contributed by atoms with Gasteiger partial charge < -0.3 is 15.0 Å². The van der Waals surface area contributed by atoms with Gasteiger partial charge in [-0.3, -0.25) is 4.79 Å². The molecular weight excluding hydrogens is 408 g/mol. The summed E-state index contributed by atoms with van der Waals surface area (Å²) in [6, 6.07) is 16.6. The van der Waals surface area contributed by atoms with Gasteiger partial charge in [-0.05, 0) is 98.7 Å². The number of nitrogens with one attached hydrogen (secondary N) is 1. The van der Waals surface area contributed by atoms with E-state index < -0.39 is 0 Å². The minimum Gasteiger partial charge on any atom is -0.490 e. The van der Waals surface area contributed by atoms with E-state index in [0.29, 0.717) is 6.10 Å². The van der Waals surface area contributed by atoms with Gasteiger partial charge in [-0.15, -0.1) is 0 Å². The molecule has 1 heterocycles. The van der Waals surface area contributed by atoms with Crippen LogP contribution in [0.5, 0.6) is 5.75 Å². The van der Waals surface area contributed by atoms with Crippen LogP contribution in [0.25, 0.3) is 11.1 Å². The van der Waals surface area contributed by atoms with Gasteiger partial charge in [0.15, 0.2) is 0 Å². The van der Waals surface area contributed by atoms with Crippen molar-refractivity contribution in [3.05, 3.63) is 48.5 Å². The lowest BCUT2D eigenvalue weighted by Gasteiger charge is -2.29. The van der Waals surface area contributed by atoms with Gasteiger partial charge in [-0.1, -0.05) is 38.1 Å². The lowest BCUT2D eigenvalue weighted by Crippen LogP contribution is -2.35. The largest absolute Gasteiger partial charge is 0.490 e. The maximum atomic E-state index is 13.1. The van der Waals surface area contributed by atoms with Crippen LogP contribution in [0.15, 0.2) is 48.5 Å². The Balaban J connectivity index is 1.17. The molecule has 1 N–H and O–H groups in total. The highest BCUT2D eigenvalue weighted by Crippen LogP contribution is 2.54. The molecule has 3 fully saturated rings. The van der Waals surface area contributed by atoms with Gasteiger partial charge >= 0.3 is 0 Å². The van der Waals surface area contributed by atoms with Crippen LogP contribution in [0.4, 0.5) is 5.69 Å². The van der Waals surface area contributed by atoms with Gasteiger partial charge in [0.2, 0.25) is 5.91 Å². The first kappa shape index (κ1) is 22.5. The summed E-state index contributed by atoms with van der Waals surface area (Å²) in [7, 11) is 2.17. The van der Waals surface area contributed by atoms with E-state index in [1.165, 1.54) is 12.8 Å². The number of carbonyl (C=O) groups excluding carboxylic acids is 1. The van der Waals surface area contributed by atoms with Gasteiger partial charge in [0, 0.05) is 24.2 Å². The number of amides is 1. The summed E-state index contributed by atoms with van der Waals surface area (Å²) in [6.07, 6.45) is 7.17. The summed E-state index contributed by atoms with van der Waals surface area (Å²) in [4.78, 5) is 15.5. The predicted octanol–water partition coefficient (Wildman–Crippen LogP) is 6.23. The lowest BCUT2D eigenvalue weighted by molar-refractivity contribution is -0.124. The first-order chi connectivity index (χ1) is 15.9. The maximum Gasteiger partial charge on any atom is 0.230 e. The van der Waals surface area contributed by atoms with Crippen LogP contribution >= 0.6 is 0 Å². The van der Waals surface area contributed by atoms with Crippen LogP contribution in [0.3, 0.4) is 0 Å². The zero-order valence-corrected chi connectivity index (χ0v) is 20.3. The molecule has 0 radical (unpaired) electrons. The number of anilines is 1. The second-order valence-corrected chi connectivity index (χ2v) is 11.2. The summed E-state index contributed by atoms with van der Waals surface area (Å²) in [5.74, 6) is 3.44. The van der Waals surface area contributed by atoms with Gasteiger partial charge in [0.1, 0.15) is 11.9 Å². The highest BCUT2D eigenvalue weighted by molar-refractivity contribution is 5.95. The van der Waals surface area contributed by atoms with Crippen molar-refractivity contribution in [3.63, 3.8) is 0 Å². The molecule has 0 spiro atoms. The Kier molecular flexibility index (Phi) is 6.22. The molecular formula is C29H38N2O2. The summed E-state index contributed by atoms with van der Waals surface area (Å²) in [5, 5.41) is 3.20. The van der Waals surface area contributed by atoms with Crippen molar-refractivity contribution in [2.75, 3.05) is 25.5 Å². The Morgan fingerprint density at radius 1 is 0.939 bits per heavy atom. The van der Waals surface area contributed by atoms with E-state index in [-0.39, 0.29) is 11.3 Å². The van der Waals surface area contributed by atoms with E-state index in [1.54, 1.807) is 0 Å². The topological polar surface area (TPSA) is 41.6 Å². The van der Waals surface area contributed by atoms with Crippen LogP contribution in [0.1, 0.15) is 52.4 Å². The minimum absolute atomic E-state index is 0.188. The molecule has 1 amide bonds. The first-order valence-corrected chi connectivity index (χ1v) is 12.8. The van der Waals surface area contributed by atoms with Crippen molar-refractivity contribution in [1.82, 2.24) is 4.90 Å². The zero-order valence-electron chi connectivity index (χ0n) is 20.3. The van der Waals surface area contributed by atoms with Crippen LogP contribution in [-0.4, -0.2) is 37.0 Å². The third kappa shape index (κ3) is 4.96. The minimum atomic E-state index is -0.224. The molecule has 0 aromatic heterocycles. The van der Waals surface area contributed by atoms with Crippen LogP contribution in [0.2, 0.25) is 0 Å². The molecule has 2 saturated carbocycles. The molecule has 2 atom stereocenters. The average molecular weight is 447 g/mol. The second-order valence-electron chi connectivity index (χ2n) is 11.2. The van der Waals surface area contributed by atoms with Crippen molar-refractivity contribution < 1.29 is 9.53 Å². The molecule has 2 aromatic carbocycles. The fraction of sp³-hybridized carbons (Fsp3) is 0.552. The van der Waals surface area contributed by atoms with Crippen molar-refractivity contribution in [2.45, 2.75) is 58.5 Å². The smallest absolute Gasteiger partial charge is 0.230 e. The second kappa shape index (κ2) is 9.13. The van der Waals surface area contributed by atoms with Crippen molar-refractivity contribution in [2.24, 2.45) is 23.2 Å². The third-order valence-corrected chi connectivity index (χ3v) is 8.35. The predicted molar refractivity (Wildman–Crippen MR) is 134 cm³/mol. The van der Waals surface area contributed by atoms with Crippen molar-refractivity contribution in [3.8, 4) is 16.9 Å². The highest BCUT2D eigenvalue weighted by Gasteiger charge is 2.49. The fourth-order valence-corrected chi connectivity index (χ4v) is 6.49. The number of rotatable bonds is 5. The number of fused-ring (bicyclic) bond motifs is 1. The number of hydrogen-bond acceptors (Lipinski definition) is 3. The van der Waals surface area contributed by atoms with Crippen molar-refractivity contribution in [1.29, 1.82) is 0 Å². The van der Waals surface area contributed by atoms with E-state index in [0.717, 1.165) is 79.1 Å². The molecule has 1 saturated heterocycles. The standard InChI is InChI=1S/C29H38N2O2/c1-20-16-23-18-29(2,19-24(23)17-20)28(32)30-25-8-4-21(5-9-25)22-6-10-26(11-7-22)33-27-12-14-31(3)15-13-27/h4-11,20,23-24,27H,12-19H2,1-3H3,(H,30,32). The van der Waals surface area contributed by atoms with Crippen molar-refractivity contribution >= 4 is 11.6 Å². The number of ether oxygens (including phenoxy) is 1. The Labute approximate surface area is 198 Å². The molecule has 4 heteroatoms. The normalized spacial score (nSPS) is 30.2. The Morgan fingerprint density at radius 3 is 2.06 bits per heavy atom. The van der Waals surface area contributed by atoms with Crippen LogP contribution < -0.4 is 10.1 Å². The van der Waals surface area contributed by atoms with E-state index in [9.17, 15) is 4.79 Å². The van der Waals surface area contributed by atoms with E-state index >= 15 is 0 Å². The van der Waals surface area contributed by atoms with Crippen LogP contribution in [-0.2, 0) is 4.79 Å². The molecule has 5 rings (SSSR count). The first-order valence-electron chi connectivity index (χ1n) is 12.8. The van der Waals surface area contributed by atoms with Gasteiger partial charge in [0.05, 0.1) is 0 Å². The Hall–Kier alpha value is -2.33. The molecule has 2 aromatic rings. The monoisotopic (exact) mass is 446 g/mol. The molecule has 33 heavy (non-hydrogen) atoms. The summed E-state index contributed by atoms with van der Waals surface area (Å²) in [5.41, 5.74) is 2.97. The highest BCUT2D eigenvalue weighted by atomic mass is 16.5. The molecule has 1 aliphatic heterocycles. The van der Waals surface area contributed by atoms with Gasteiger partial charge in [-0.25, -0.2) is 0 Å². The number of likely N-dealkylation sites (tertiary alicyclic amines) is 1. The third-order valence-electron chi connectivity index (χ3n) is 8.35. The maximum absolute atomic E-state index is 13.1. The molecule has 0 bridgehead atoms. The van der Waals surface area contributed by atoms with E-state index in [4.69, 9.17) is 4.74 Å². The summed E-state index contributed by atoms with van der Waals surface area (Å²) < 4.78 is 6.17. The van der Waals surface area contributed by atoms with Gasteiger partial charge in [-0.2, -0.15) is 0 Å². The number of carbonyl (C=O) groups is 1. The average Bonchev–Trinajstić information content (AvgIpc) is 3.30. The SMILES string of the molecule is CC1CC2CC(C)(C(=O)Nc3ccc(-c4ccc(OC5CCN(C)CC5)cc4)cc3)CC2C1. The summed E-state index contributed by atoms with van der Waals surface area (Å²) >= 11 is 0. The van der Waals surface area contributed by atoms with E-state index in [2.05, 4.69) is 67.5 Å². The number of piperidine rings is 1. The molecule has 3 aliphatic rings. The quantitative estimate of drug-likeness (QED) is 0.592. The molecule has 2 unspecified atom stereocenters. The van der Waals surface area contributed by atoms with E-state index in [1.807, 2.05) is 12.1 Å². The Morgan fingerprint density at radius 2 is 1.48 bits per heavy atom.